The summed E-state index contributed by atoms with van der Waals surface area (Å²) in [5, 5.41) is 18.8. The van der Waals surface area contributed by atoms with E-state index in [4.69, 9.17) is 35.5 Å². The minimum atomic E-state index is 0. The second-order valence-electron chi connectivity index (χ2n) is 0. The van der Waals surface area contributed by atoms with Crippen molar-refractivity contribution in [3.63, 3.8) is 0 Å². The van der Waals surface area contributed by atoms with Crippen LogP contribution in [0, 0.1) is 71.1 Å². The Balaban J connectivity index is -0.00000000900. The summed E-state index contributed by atoms with van der Waals surface area (Å²) in [4.78, 5) is 0. The molecule has 30 valence electrons. The standard InChI is InChI=1S/3CN.La/c3*1-2;/q3*-1;+3. The van der Waals surface area contributed by atoms with E-state index in [9.17, 15) is 0 Å². The van der Waals surface area contributed by atoms with Gasteiger partial charge in [0.1, 0.15) is 0 Å². The van der Waals surface area contributed by atoms with E-state index in [1.807, 2.05) is 0 Å². The van der Waals surface area contributed by atoms with E-state index in [2.05, 4.69) is 0 Å². The molecule has 0 amide bonds. The molecule has 0 rings (SSSR count). The van der Waals surface area contributed by atoms with Crippen molar-refractivity contribution in [2.45, 2.75) is 0 Å². The summed E-state index contributed by atoms with van der Waals surface area (Å²) in [7, 11) is 0. The summed E-state index contributed by atoms with van der Waals surface area (Å²) < 4.78 is 0. The average molecular weight is 217 g/mol. The summed E-state index contributed by atoms with van der Waals surface area (Å²) in [5.74, 6) is 0. The molecular weight excluding hydrogens is 217 g/mol. The second-order valence-corrected chi connectivity index (χ2v) is 0. The topological polar surface area (TPSA) is 71.4 Å². The molecule has 4 heteroatoms. The maximum absolute atomic E-state index is 6.25. The third-order valence-electron chi connectivity index (χ3n) is 0. The molecule has 0 saturated heterocycles. The first-order valence-corrected chi connectivity index (χ1v) is 0.671. The average Bonchev–Trinajstić information content (AvgIpc) is 1.81. The molecule has 3 nitrogen and oxygen atoms in total. The molecular formula is C3LaN3. The number of nitrogens with zero attached hydrogens (tertiary/aromatic N) is 3. The molecule has 0 aliphatic heterocycles. The predicted octanol–water partition coefficient (Wildman–Crippen LogP) is 0.289. The van der Waals surface area contributed by atoms with Gasteiger partial charge in [-0.25, -0.2) is 0 Å². The van der Waals surface area contributed by atoms with Gasteiger partial charge in [0.25, 0.3) is 0 Å². The zero-order valence-electron chi connectivity index (χ0n) is 3.42. The van der Waals surface area contributed by atoms with Crippen LogP contribution in [0.3, 0.4) is 0 Å². The molecule has 0 fully saturated rings. The van der Waals surface area contributed by atoms with E-state index in [0.29, 0.717) is 0 Å². The van der Waals surface area contributed by atoms with E-state index in [0.717, 1.165) is 0 Å². The van der Waals surface area contributed by atoms with Crippen molar-refractivity contribution >= 4 is 0 Å². The molecule has 0 aliphatic rings. The van der Waals surface area contributed by atoms with E-state index in [-0.39, 0.29) is 35.6 Å². The Labute approximate surface area is 70.8 Å². The van der Waals surface area contributed by atoms with Gasteiger partial charge in [0.2, 0.25) is 0 Å². The fourth-order valence-corrected chi connectivity index (χ4v) is 0. The molecule has 0 N–H and O–H groups in total. The number of hydrogen-bond donors (Lipinski definition) is 0. The van der Waals surface area contributed by atoms with Crippen molar-refractivity contribution in [2.75, 3.05) is 0 Å². The third kappa shape index (κ3) is 677. The number of rotatable bonds is 0. The van der Waals surface area contributed by atoms with Crippen LogP contribution in [0.4, 0.5) is 0 Å². The van der Waals surface area contributed by atoms with Gasteiger partial charge in [-0.2, -0.15) is 0 Å². The second kappa shape index (κ2) is 1100. The van der Waals surface area contributed by atoms with Gasteiger partial charge in [-0.1, -0.05) is 0 Å². The van der Waals surface area contributed by atoms with Crippen molar-refractivity contribution < 1.29 is 35.6 Å². The van der Waals surface area contributed by atoms with Gasteiger partial charge in [0, 0.05) is 0 Å². The first-order chi connectivity index (χ1) is 3.00. The van der Waals surface area contributed by atoms with Crippen molar-refractivity contribution in [3.05, 3.63) is 19.7 Å². The Morgan fingerprint density at radius 3 is 0.571 bits per heavy atom. The van der Waals surface area contributed by atoms with E-state index < -0.39 is 0 Å². The molecule has 7 heavy (non-hydrogen) atoms. The molecule has 0 aliphatic carbocycles. The van der Waals surface area contributed by atoms with Crippen molar-refractivity contribution in [1.82, 2.24) is 0 Å². The van der Waals surface area contributed by atoms with Gasteiger partial charge < -0.3 is 35.5 Å². The maximum atomic E-state index is 6.25. The zero-order valence-corrected chi connectivity index (χ0v) is 7.04. The Morgan fingerprint density at radius 1 is 0.571 bits per heavy atom. The van der Waals surface area contributed by atoms with Crippen LogP contribution >= 0.6 is 0 Å². The Morgan fingerprint density at radius 2 is 0.571 bits per heavy atom. The molecule has 0 aromatic carbocycles. The van der Waals surface area contributed by atoms with Crippen LogP contribution in [0.25, 0.3) is 0 Å². The quantitative estimate of drug-likeness (QED) is 0.547. The SMILES string of the molecule is [C-]#N.[C-]#N.[C-]#N.[La+3]. The van der Waals surface area contributed by atoms with Crippen molar-refractivity contribution in [2.24, 2.45) is 0 Å². The summed E-state index contributed by atoms with van der Waals surface area (Å²) in [6.45, 7) is 14.2. The van der Waals surface area contributed by atoms with Crippen LogP contribution in [-0.4, -0.2) is 0 Å². The molecule has 0 saturated carbocycles. The van der Waals surface area contributed by atoms with Gasteiger partial charge >= 0.3 is 35.6 Å². The van der Waals surface area contributed by atoms with E-state index >= 15 is 0 Å². The van der Waals surface area contributed by atoms with Crippen LogP contribution in [0.2, 0.25) is 0 Å². The first-order valence-electron chi connectivity index (χ1n) is 0.671. The Hall–Kier alpha value is -0.335. The molecule has 0 radical (unpaired) electrons. The van der Waals surface area contributed by atoms with Crippen LogP contribution in [0.5, 0.6) is 0 Å². The predicted molar refractivity (Wildman–Crippen MR) is 14.9 cm³/mol. The van der Waals surface area contributed by atoms with Gasteiger partial charge in [0.15, 0.2) is 0 Å². The van der Waals surface area contributed by atoms with Gasteiger partial charge in [-0.05, 0) is 0 Å². The molecule has 0 aromatic rings. The van der Waals surface area contributed by atoms with E-state index in [1.54, 1.807) is 0 Å². The normalized spacial score (nSPS) is 0.857. The zero-order chi connectivity index (χ0) is 6.00. The van der Waals surface area contributed by atoms with E-state index in [1.165, 1.54) is 0 Å². The fraction of sp³-hybridized carbons (Fsp3) is 0. The molecule has 0 heterocycles. The van der Waals surface area contributed by atoms with Gasteiger partial charge in [0.05, 0.1) is 0 Å². The van der Waals surface area contributed by atoms with Gasteiger partial charge in [-0.3, -0.25) is 0 Å². The molecule has 0 spiro atoms. The summed E-state index contributed by atoms with van der Waals surface area (Å²) in [6, 6.07) is 0. The molecule has 0 unspecified atom stereocenters. The smallest absolute Gasteiger partial charge is 0.512 e. The van der Waals surface area contributed by atoms with Crippen LogP contribution in [0.15, 0.2) is 0 Å². The first kappa shape index (κ1) is 30.1. The van der Waals surface area contributed by atoms with Crippen molar-refractivity contribution in [1.29, 1.82) is 15.8 Å². The molecule has 0 aromatic heterocycles. The largest absolute Gasteiger partial charge is 3.00 e. The minimum absolute atomic E-state index is 0. The maximum Gasteiger partial charge on any atom is 3.00 e. The third-order valence-corrected chi connectivity index (χ3v) is 0. The Kier molecular flexibility index (Phi) is 4720. The molecule has 0 bridgehead atoms. The summed E-state index contributed by atoms with van der Waals surface area (Å²) >= 11 is 0. The summed E-state index contributed by atoms with van der Waals surface area (Å²) in [6.07, 6.45) is 0. The van der Waals surface area contributed by atoms with Crippen LogP contribution in [0.1, 0.15) is 0 Å². The Bertz CT molecular complexity index is 38.7. The molecule has 0 atom stereocenters. The van der Waals surface area contributed by atoms with Crippen LogP contribution in [-0.2, 0) is 0 Å². The monoisotopic (exact) mass is 217 g/mol. The fourth-order valence-electron chi connectivity index (χ4n) is 0. The van der Waals surface area contributed by atoms with Crippen molar-refractivity contribution in [3.8, 4) is 0 Å². The van der Waals surface area contributed by atoms with Crippen LogP contribution < -0.4 is 0 Å². The van der Waals surface area contributed by atoms with Gasteiger partial charge in [-0.15, -0.1) is 0 Å². The summed E-state index contributed by atoms with van der Waals surface area (Å²) in [5.41, 5.74) is 0. The minimum Gasteiger partial charge on any atom is -0.512 e. The number of hydrogen-bond acceptors (Lipinski definition) is 3.